The minimum absolute atomic E-state index is 0. The largest absolute Gasteiger partial charge is 1.00 e. The van der Waals surface area contributed by atoms with Crippen LogP contribution in [0.15, 0.2) is 83.8 Å². The second-order valence-electron chi connectivity index (χ2n) is 11.3. The van der Waals surface area contributed by atoms with E-state index in [9.17, 15) is 42.2 Å². The first-order valence-electron chi connectivity index (χ1n) is 14.4. The summed E-state index contributed by atoms with van der Waals surface area (Å²) in [5, 5.41) is 14.9. The Hall–Kier alpha value is -3.92. The maximum absolute atomic E-state index is 14.0. The van der Waals surface area contributed by atoms with Gasteiger partial charge in [-0.1, -0.05) is 56.3 Å². The Morgan fingerprint density at radius 3 is 1.87 bits per heavy atom. The number of imide groups is 1. The zero-order chi connectivity index (χ0) is 33.6. The van der Waals surface area contributed by atoms with Crippen molar-refractivity contribution in [2.45, 2.75) is 37.6 Å². The van der Waals surface area contributed by atoms with E-state index in [1.807, 2.05) is 0 Å². The topological polar surface area (TPSA) is 202 Å². The molecule has 1 heterocycles. The van der Waals surface area contributed by atoms with Crippen LogP contribution >= 0.6 is 0 Å². The summed E-state index contributed by atoms with van der Waals surface area (Å²) in [6.07, 6.45) is 0.118. The van der Waals surface area contributed by atoms with Gasteiger partial charge in [0, 0.05) is 18.7 Å². The third-order valence-electron chi connectivity index (χ3n) is 7.58. The summed E-state index contributed by atoms with van der Waals surface area (Å²) in [7, 11) is -4.70. The molecule has 4 rings (SSSR count). The summed E-state index contributed by atoms with van der Waals surface area (Å²) < 4.78 is 33.9. The average molecular weight is 673 g/mol. The first-order chi connectivity index (χ1) is 21.8. The predicted molar refractivity (Wildman–Crippen MR) is 163 cm³/mol. The Labute approximate surface area is 294 Å². The van der Waals surface area contributed by atoms with Crippen molar-refractivity contribution >= 4 is 45.3 Å². The van der Waals surface area contributed by atoms with Crippen LogP contribution in [0.4, 0.5) is 5.69 Å². The Balaban J connectivity index is 0.00000600. The Bertz CT molecular complexity index is 1700. The monoisotopic (exact) mass is 672 g/mol. The van der Waals surface area contributed by atoms with Crippen molar-refractivity contribution in [1.29, 1.82) is 0 Å². The molecule has 242 valence electrons. The molecule has 0 saturated heterocycles. The van der Waals surface area contributed by atoms with Crippen molar-refractivity contribution < 1.29 is 71.7 Å². The summed E-state index contributed by atoms with van der Waals surface area (Å²) in [5.74, 6) is -6.42. The smallest absolute Gasteiger partial charge is 0.744 e. The molecule has 15 heteroatoms. The number of nitrogens with one attached hydrogen (secondary N) is 3. The van der Waals surface area contributed by atoms with Gasteiger partial charge in [-0.2, -0.15) is 0 Å². The quantitative estimate of drug-likeness (QED) is 0.0598. The predicted octanol–water partition coefficient (Wildman–Crippen LogP) is -0.659. The van der Waals surface area contributed by atoms with Crippen LogP contribution in [0.2, 0.25) is 0 Å². The van der Waals surface area contributed by atoms with E-state index < -0.39 is 69.0 Å². The van der Waals surface area contributed by atoms with Gasteiger partial charge in [0.15, 0.2) is 0 Å². The van der Waals surface area contributed by atoms with Crippen LogP contribution in [0.1, 0.15) is 46.5 Å². The minimum Gasteiger partial charge on any atom is -0.744 e. The Kier molecular flexibility index (Phi) is 13.0. The molecule has 0 aliphatic carbocycles. The molecule has 13 nitrogen and oxygen atoms in total. The number of carbonyl (C=O) groups is 5. The number of hydroxylamine groups is 1. The standard InChI is InChI=1S/C32H34N4O9S.Na/c1-19(2)16-25(26(29(38)35-42)18-36-31(40)23-10-6-7-11-24(23)32(36)41)28(37)34-27(17-20-8-4-3-5-9-20)30(39)33-21-12-14-22(15-13-21)46(43,44)45;/h3-15,19,25-27,42H,16-18H2,1-2H3,(H,33,39)(H,34,37)(H,35,38)(H,43,44,45);/q;+1/p-1. The Morgan fingerprint density at radius 2 is 1.36 bits per heavy atom. The van der Waals surface area contributed by atoms with Crippen LogP contribution in [0.3, 0.4) is 0 Å². The van der Waals surface area contributed by atoms with E-state index in [1.165, 1.54) is 24.3 Å². The van der Waals surface area contributed by atoms with Gasteiger partial charge >= 0.3 is 29.6 Å². The molecule has 4 N–H and O–H groups in total. The van der Waals surface area contributed by atoms with E-state index in [-0.39, 0.29) is 65.1 Å². The summed E-state index contributed by atoms with van der Waals surface area (Å²) in [6, 6.07) is 18.3. The van der Waals surface area contributed by atoms with E-state index in [0.29, 0.717) is 5.56 Å². The number of amides is 5. The van der Waals surface area contributed by atoms with Gasteiger partial charge in [-0.15, -0.1) is 0 Å². The van der Waals surface area contributed by atoms with Crippen molar-refractivity contribution in [2.24, 2.45) is 17.8 Å². The van der Waals surface area contributed by atoms with E-state index >= 15 is 0 Å². The fourth-order valence-electron chi connectivity index (χ4n) is 5.31. The van der Waals surface area contributed by atoms with Gasteiger partial charge in [0.05, 0.1) is 27.9 Å². The molecule has 0 bridgehead atoms. The molecule has 0 fully saturated rings. The van der Waals surface area contributed by atoms with E-state index in [0.717, 1.165) is 17.0 Å². The average Bonchev–Trinajstić information content (AvgIpc) is 3.26. The molecule has 3 aromatic carbocycles. The number of rotatable bonds is 13. The van der Waals surface area contributed by atoms with Crippen LogP contribution in [0.5, 0.6) is 0 Å². The molecule has 3 unspecified atom stereocenters. The molecular formula is C32H33N4NaO9S. The van der Waals surface area contributed by atoms with E-state index in [4.69, 9.17) is 0 Å². The van der Waals surface area contributed by atoms with Crippen molar-refractivity contribution in [3.63, 3.8) is 0 Å². The van der Waals surface area contributed by atoms with Crippen LogP contribution in [-0.4, -0.2) is 65.2 Å². The molecular weight excluding hydrogens is 639 g/mol. The molecule has 3 atom stereocenters. The third-order valence-corrected chi connectivity index (χ3v) is 8.43. The number of fused-ring (bicyclic) bond motifs is 1. The normalized spacial score (nSPS) is 14.4. The molecule has 0 radical (unpaired) electrons. The number of nitrogens with zero attached hydrogens (tertiary/aromatic N) is 1. The van der Waals surface area contributed by atoms with Gasteiger partial charge in [0.25, 0.3) is 11.8 Å². The summed E-state index contributed by atoms with van der Waals surface area (Å²) >= 11 is 0. The zero-order valence-corrected chi connectivity index (χ0v) is 28.8. The summed E-state index contributed by atoms with van der Waals surface area (Å²) in [6.45, 7) is 3.10. The first kappa shape index (κ1) is 37.5. The maximum atomic E-state index is 14.0. The minimum atomic E-state index is -4.70. The fourth-order valence-corrected chi connectivity index (χ4v) is 5.78. The van der Waals surface area contributed by atoms with Crippen molar-refractivity contribution in [3.8, 4) is 0 Å². The molecule has 5 amide bonds. The van der Waals surface area contributed by atoms with Gasteiger partial charge in [0.2, 0.25) is 17.7 Å². The maximum Gasteiger partial charge on any atom is 1.00 e. The second kappa shape index (κ2) is 16.3. The van der Waals surface area contributed by atoms with Crippen LogP contribution in [0.25, 0.3) is 0 Å². The zero-order valence-electron chi connectivity index (χ0n) is 26.0. The summed E-state index contributed by atoms with van der Waals surface area (Å²) in [5.41, 5.74) is 2.70. The van der Waals surface area contributed by atoms with E-state index in [2.05, 4.69) is 10.6 Å². The van der Waals surface area contributed by atoms with Gasteiger partial charge in [0.1, 0.15) is 16.2 Å². The van der Waals surface area contributed by atoms with Crippen molar-refractivity contribution in [2.75, 3.05) is 11.9 Å². The number of anilines is 1. The number of benzene rings is 3. The molecule has 47 heavy (non-hydrogen) atoms. The van der Waals surface area contributed by atoms with Gasteiger partial charge in [-0.05, 0) is 54.3 Å². The van der Waals surface area contributed by atoms with Crippen LogP contribution in [-0.2, 0) is 30.9 Å². The number of carbonyl (C=O) groups excluding carboxylic acids is 5. The first-order valence-corrected chi connectivity index (χ1v) is 15.8. The van der Waals surface area contributed by atoms with Gasteiger partial charge in [-0.3, -0.25) is 34.1 Å². The fraction of sp³-hybridized carbons (Fsp3) is 0.281. The second-order valence-corrected chi connectivity index (χ2v) is 12.7. The molecule has 0 spiro atoms. The molecule has 3 aromatic rings. The molecule has 0 aromatic heterocycles. The molecule has 0 saturated carbocycles. The van der Waals surface area contributed by atoms with Gasteiger partial charge < -0.3 is 15.2 Å². The number of hydrogen-bond donors (Lipinski definition) is 4. The third kappa shape index (κ3) is 9.34. The molecule has 1 aliphatic heterocycles. The van der Waals surface area contributed by atoms with Crippen LogP contribution < -0.4 is 45.7 Å². The number of hydrogen-bond acceptors (Lipinski definition) is 9. The van der Waals surface area contributed by atoms with E-state index in [1.54, 1.807) is 61.8 Å². The Morgan fingerprint density at radius 1 is 0.809 bits per heavy atom. The molecule has 1 aliphatic rings. The van der Waals surface area contributed by atoms with Crippen LogP contribution in [0, 0.1) is 17.8 Å². The van der Waals surface area contributed by atoms with Gasteiger partial charge in [-0.25, -0.2) is 13.9 Å². The summed E-state index contributed by atoms with van der Waals surface area (Å²) in [4.78, 5) is 67.1. The van der Waals surface area contributed by atoms with Crippen molar-refractivity contribution in [1.82, 2.24) is 15.7 Å². The van der Waals surface area contributed by atoms with Crippen molar-refractivity contribution in [3.05, 3.63) is 95.6 Å². The SMILES string of the molecule is CC(C)CC(C(=O)NC(Cc1ccccc1)C(=O)Nc1ccc(S(=O)(=O)[O-])cc1)C(CN1C(=O)c2ccccc2C1=O)C(=O)NO.[Na+].